The van der Waals surface area contributed by atoms with Crippen LogP contribution in [0.15, 0.2) is 61.1 Å². The fourth-order valence-electron chi connectivity index (χ4n) is 3.81. The smallest absolute Gasteiger partial charge is 0.325 e. The summed E-state index contributed by atoms with van der Waals surface area (Å²) in [5.74, 6) is -3.24. The van der Waals surface area contributed by atoms with Crippen LogP contribution in [0.5, 0.6) is 11.5 Å². The van der Waals surface area contributed by atoms with Gasteiger partial charge in [-0.3, -0.25) is 19.2 Å². The topological polar surface area (TPSA) is 220 Å². The van der Waals surface area contributed by atoms with Crippen molar-refractivity contribution in [2.75, 3.05) is 0 Å². The highest BCUT2D eigenvalue weighted by molar-refractivity contribution is 5.94. The number of carboxylic acid groups (broad SMARTS) is 1. The van der Waals surface area contributed by atoms with Gasteiger partial charge in [0.1, 0.15) is 29.6 Å². The highest BCUT2D eigenvalue weighted by atomic mass is 16.4. The van der Waals surface area contributed by atoms with Gasteiger partial charge in [-0.1, -0.05) is 24.3 Å². The Morgan fingerprint density at radius 2 is 1.30 bits per heavy atom. The summed E-state index contributed by atoms with van der Waals surface area (Å²) in [6, 6.07) is 7.56. The molecule has 40 heavy (non-hydrogen) atoms. The van der Waals surface area contributed by atoms with E-state index in [4.69, 9.17) is 5.73 Å². The number of rotatable bonds is 13. The zero-order valence-corrected chi connectivity index (χ0v) is 21.7. The molecule has 4 unspecified atom stereocenters. The summed E-state index contributed by atoms with van der Waals surface area (Å²) >= 11 is 0. The molecule has 0 aliphatic heterocycles. The Bertz CT molecular complexity index is 1300. The Kier molecular flexibility index (Phi) is 10.2. The molecular weight excluding hydrogens is 520 g/mol. The number of imidazole rings is 1. The Balaban J connectivity index is 1.78. The first kappa shape index (κ1) is 29.6. The molecule has 3 rings (SSSR count). The van der Waals surface area contributed by atoms with Crippen LogP contribution in [0.1, 0.15) is 23.7 Å². The number of aromatic hydroxyl groups is 2. The van der Waals surface area contributed by atoms with Crippen molar-refractivity contribution in [3.8, 4) is 11.5 Å². The molecule has 1 aromatic heterocycles. The van der Waals surface area contributed by atoms with Crippen molar-refractivity contribution in [3.05, 3.63) is 77.9 Å². The molecule has 0 saturated heterocycles. The van der Waals surface area contributed by atoms with Gasteiger partial charge in [-0.2, -0.15) is 0 Å². The molecule has 1 heterocycles. The summed E-state index contributed by atoms with van der Waals surface area (Å²) in [7, 11) is 0. The Labute approximate surface area is 229 Å². The van der Waals surface area contributed by atoms with E-state index in [1.165, 1.54) is 43.7 Å². The van der Waals surface area contributed by atoms with Crippen molar-refractivity contribution in [1.82, 2.24) is 25.9 Å². The van der Waals surface area contributed by atoms with E-state index in [9.17, 15) is 34.5 Å². The van der Waals surface area contributed by atoms with Gasteiger partial charge in [0, 0.05) is 24.7 Å². The maximum atomic E-state index is 13.4. The number of amides is 3. The lowest BCUT2D eigenvalue weighted by Crippen LogP contribution is -2.58. The number of hydrogen-bond acceptors (Lipinski definition) is 8. The van der Waals surface area contributed by atoms with Crippen molar-refractivity contribution in [1.29, 1.82) is 0 Å². The minimum Gasteiger partial charge on any atom is -0.508 e. The molecule has 0 aliphatic rings. The van der Waals surface area contributed by atoms with E-state index in [1.807, 2.05) is 0 Å². The number of nitrogens with two attached hydrogens (primary N) is 1. The molecule has 0 aliphatic carbocycles. The summed E-state index contributed by atoms with van der Waals surface area (Å²) in [4.78, 5) is 57.5. The van der Waals surface area contributed by atoms with Gasteiger partial charge in [0.15, 0.2) is 0 Å². The van der Waals surface area contributed by atoms with Crippen LogP contribution in [0.4, 0.5) is 0 Å². The van der Waals surface area contributed by atoms with Crippen LogP contribution >= 0.6 is 0 Å². The van der Waals surface area contributed by atoms with Crippen LogP contribution in [0.3, 0.4) is 0 Å². The second-order valence-electron chi connectivity index (χ2n) is 9.32. The van der Waals surface area contributed by atoms with Gasteiger partial charge in [-0.05, 0) is 48.7 Å². The third kappa shape index (κ3) is 8.84. The number of aliphatic carboxylic acids is 1. The number of nitrogens with zero attached hydrogens (tertiary/aromatic N) is 1. The maximum Gasteiger partial charge on any atom is 0.325 e. The van der Waals surface area contributed by atoms with E-state index >= 15 is 0 Å². The minimum atomic E-state index is -1.25. The number of carbonyl (C=O) groups excluding carboxylic acids is 3. The molecule has 0 saturated carbocycles. The number of aromatic amines is 1. The van der Waals surface area contributed by atoms with E-state index in [0.717, 1.165) is 0 Å². The van der Waals surface area contributed by atoms with Crippen LogP contribution in [0.2, 0.25) is 0 Å². The summed E-state index contributed by atoms with van der Waals surface area (Å²) in [5, 5.41) is 35.8. The number of hydrogen-bond donors (Lipinski definition) is 8. The molecule has 2 aromatic carbocycles. The first-order valence-corrected chi connectivity index (χ1v) is 12.4. The molecule has 0 fully saturated rings. The first-order chi connectivity index (χ1) is 19.0. The molecular formula is C27H32N6O7. The molecule has 9 N–H and O–H groups in total. The van der Waals surface area contributed by atoms with Crippen molar-refractivity contribution in [2.24, 2.45) is 5.73 Å². The van der Waals surface area contributed by atoms with Crippen LogP contribution in [-0.2, 0) is 38.4 Å². The van der Waals surface area contributed by atoms with E-state index < -0.39 is 47.9 Å². The third-order valence-corrected chi connectivity index (χ3v) is 6.08. The predicted octanol–water partition coefficient (Wildman–Crippen LogP) is -0.265. The number of carbonyl (C=O) groups is 4. The maximum absolute atomic E-state index is 13.4. The predicted molar refractivity (Wildman–Crippen MR) is 143 cm³/mol. The average Bonchev–Trinajstić information content (AvgIpc) is 3.43. The summed E-state index contributed by atoms with van der Waals surface area (Å²) < 4.78 is 0. The van der Waals surface area contributed by atoms with E-state index in [2.05, 4.69) is 25.9 Å². The highest BCUT2D eigenvalue weighted by Crippen LogP contribution is 2.13. The first-order valence-electron chi connectivity index (χ1n) is 12.4. The number of phenols is 2. The SMILES string of the molecule is CC(NC(=O)C(Cc1ccc(O)cc1)NC(=O)C(Cc1cnc[nH]1)NC(=O)C(N)Cc1ccc(O)cc1)C(=O)O. The summed E-state index contributed by atoms with van der Waals surface area (Å²) in [6.07, 6.45) is 3.02. The number of H-pyrrole nitrogens is 1. The van der Waals surface area contributed by atoms with E-state index in [0.29, 0.717) is 16.8 Å². The minimum absolute atomic E-state index is 0.00256. The van der Waals surface area contributed by atoms with Crippen LogP contribution < -0.4 is 21.7 Å². The summed E-state index contributed by atoms with van der Waals surface area (Å²) in [5.41, 5.74) is 7.91. The van der Waals surface area contributed by atoms with Crippen LogP contribution in [-0.4, -0.2) is 73.1 Å². The molecule has 3 amide bonds. The van der Waals surface area contributed by atoms with Gasteiger partial charge in [0.25, 0.3) is 0 Å². The van der Waals surface area contributed by atoms with Crippen molar-refractivity contribution < 1.29 is 34.5 Å². The van der Waals surface area contributed by atoms with Gasteiger partial charge in [-0.25, -0.2) is 4.98 Å². The monoisotopic (exact) mass is 552 g/mol. The Hall–Kier alpha value is -4.91. The molecule has 0 radical (unpaired) electrons. The number of carboxylic acids is 1. The van der Waals surface area contributed by atoms with Gasteiger partial charge in [0.2, 0.25) is 17.7 Å². The molecule has 13 heteroatoms. The van der Waals surface area contributed by atoms with Gasteiger partial charge >= 0.3 is 5.97 Å². The van der Waals surface area contributed by atoms with Gasteiger partial charge < -0.3 is 42.0 Å². The lowest BCUT2D eigenvalue weighted by Gasteiger charge is -2.25. The quantitative estimate of drug-likeness (QED) is 0.140. The van der Waals surface area contributed by atoms with Crippen molar-refractivity contribution in [3.63, 3.8) is 0 Å². The number of benzene rings is 2. The van der Waals surface area contributed by atoms with Crippen molar-refractivity contribution in [2.45, 2.75) is 50.4 Å². The molecule has 0 bridgehead atoms. The highest BCUT2D eigenvalue weighted by Gasteiger charge is 2.30. The second-order valence-corrected chi connectivity index (χ2v) is 9.32. The molecule has 13 nitrogen and oxygen atoms in total. The Morgan fingerprint density at radius 1 is 0.800 bits per heavy atom. The number of aromatic nitrogens is 2. The van der Waals surface area contributed by atoms with Gasteiger partial charge in [-0.15, -0.1) is 0 Å². The number of phenolic OH excluding ortho intramolecular Hbond substituents is 2. The molecule has 4 atom stereocenters. The van der Waals surface area contributed by atoms with Gasteiger partial charge in [0.05, 0.1) is 12.4 Å². The number of nitrogens with one attached hydrogen (secondary N) is 4. The normalized spacial score (nSPS) is 13.8. The molecule has 3 aromatic rings. The van der Waals surface area contributed by atoms with Crippen LogP contribution in [0, 0.1) is 0 Å². The summed E-state index contributed by atoms with van der Waals surface area (Å²) in [6.45, 7) is 1.29. The Morgan fingerprint density at radius 3 is 1.82 bits per heavy atom. The fraction of sp³-hybridized carbons (Fsp3) is 0.296. The zero-order valence-electron chi connectivity index (χ0n) is 21.7. The largest absolute Gasteiger partial charge is 0.508 e. The van der Waals surface area contributed by atoms with E-state index in [1.54, 1.807) is 24.3 Å². The van der Waals surface area contributed by atoms with Crippen molar-refractivity contribution >= 4 is 23.7 Å². The molecule has 212 valence electrons. The van der Waals surface area contributed by atoms with E-state index in [-0.39, 0.29) is 30.8 Å². The third-order valence-electron chi connectivity index (χ3n) is 6.08. The standard InChI is InChI=1S/C27H32N6O7/c1-15(27(39)40)31-25(37)22(11-17-4-8-20(35)9-5-17)33-26(38)23(12-18-13-29-14-30-18)32-24(36)21(28)10-16-2-6-19(34)7-3-16/h2-9,13-15,21-23,34-35H,10-12,28H2,1H3,(H,29,30)(H,31,37)(H,32,36)(H,33,38)(H,39,40). The lowest BCUT2D eigenvalue weighted by atomic mass is 10.0. The molecule has 0 spiro atoms. The zero-order chi connectivity index (χ0) is 29.2. The lowest BCUT2D eigenvalue weighted by molar-refractivity contribution is -0.141. The fourth-order valence-corrected chi connectivity index (χ4v) is 3.81. The van der Waals surface area contributed by atoms with Crippen LogP contribution in [0.25, 0.3) is 0 Å². The second kappa shape index (κ2) is 13.8. The average molecular weight is 553 g/mol.